The highest BCUT2D eigenvalue weighted by Gasteiger charge is 2.33. The second-order valence-corrected chi connectivity index (χ2v) is 6.64. The lowest BCUT2D eigenvalue weighted by Gasteiger charge is -2.30. The van der Waals surface area contributed by atoms with Gasteiger partial charge in [0.25, 0.3) is 0 Å². The Morgan fingerprint density at radius 2 is 2.05 bits per heavy atom. The predicted molar refractivity (Wildman–Crippen MR) is 90.3 cm³/mol. The number of likely N-dealkylation sites (tertiary alicyclic amines) is 1. The standard InChI is InChI=1S/C19H28N2/c1-16(14-17-8-4-2-5-9-17)15-21-13-11-18-19(21)10-6-3-7-12-20-18/h2,4-5,8-9,14,18-20H,3,6-7,10-13,15H2,1H3/t18-,19+/m0/s1. The molecule has 0 bridgehead atoms. The van der Waals surface area contributed by atoms with Gasteiger partial charge in [-0.2, -0.15) is 0 Å². The highest BCUT2D eigenvalue weighted by atomic mass is 15.2. The van der Waals surface area contributed by atoms with Gasteiger partial charge in [-0.05, 0) is 38.3 Å². The van der Waals surface area contributed by atoms with Crippen molar-refractivity contribution in [3.8, 4) is 0 Å². The molecule has 0 aromatic heterocycles. The van der Waals surface area contributed by atoms with Crippen molar-refractivity contribution in [3.63, 3.8) is 0 Å². The molecule has 2 heterocycles. The van der Waals surface area contributed by atoms with E-state index in [0.29, 0.717) is 0 Å². The third kappa shape index (κ3) is 3.96. The molecule has 0 radical (unpaired) electrons. The van der Waals surface area contributed by atoms with Crippen LogP contribution in [0.1, 0.15) is 44.6 Å². The largest absolute Gasteiger partial charge is 0.312 e. The molecule has 2 heteroatoms. The number of benzene rings is 1. The van der Waals surface area contributed by atoms with Gasteiger partial charge < -0.3 is 5.32 Å². The first-order valence-electron chi connectivity index (χ1n) is 8.52. The third-order valence-corrected chi connectivity index (χ3v) is 4.91. The van der Waals surface area contributed by atoms with Crippen LogP contribution in [-0.2, 0) is 0 Å². The van der Waals surface area contributed by atoms with Crippen molar-refractivity contribution >= 4 is 6.08 Å². The molecule has 1 aromatic rings. The van der Waals surface area contributed by atoms with E-state index in [0.717, 1.165) is 18.6 Å². The zero-order chi connectivity index (χ0) is 14.5. The molecule has 2 saturated heterocycles. The average Bonchev–Trinajstić information content (AvgIpc) is 2.80. The Hall–Kier alpha value is -1.12. The Labute approximate surface area is 129 Å². The molecule has 0 aliphatic carbocycles. The fourth-order valence-corrected chi connectivity index (χ4v) is 3.88. The van der Waals surface area contributed by atoms with Gasteiger partial charge in [-0.15, -0.1) is 0 Å². The fourth-order valence-electron chi connectivity index (χ4n) is 3.88. The molecule has 0 saturated carbocycles. The SMILES string of the molecule is CC(=Cc1ccccc1)CN1CC[C@@H]2NCCCCC[C@H]21. The van der Waals surface area contributed by atoms with E-state index in [-0.39, 0.29) is 0 Å². The minimum atomic E-state index is 0.731. The van der Waals surface area contributed by atoms with Gasteiger partial charge in [0, 0.05) is 25.2 Å². The van der Waals surface area contributed by atoms with E-state index in [4.69, 9.17) is 0 Å². The van der Waals surface area contributed by atoms with E-state index in [1.807, 2.05) is 0 Å². The van der Waals surface area contributed by atoms with Crippen molar-refractivity contribution in [2.45, 2.75) is 51.1 Å². The van der Waals surface area contributed by atoms with E-state index in [1.165, 1.54) is 56.3 Å². The topological polar surface area (TPSA) is 15.3 Å². The van der Waals surface area contributed by atoms with Crippen LogP contribution in [0.15, 0.2) is 35.9 Å². The van der Waals surface area contributed by atoms with E-state index in [2.05, 4.69) is 53.5 Å². The summed E-state index contributed by atoms with van der Waals surface area (Å²) in [5, 5.41) is 3.78. The first-order chi connectivity index (χ1) is 10.3. The van der Waals surface area contributed by atoms with Crippen LogP contribution in [0.25, 0.3) is 6.08 Å². The normalized spacial score (nSPS) is 28.0. The lowest BCUT2D eigenvalue weighted by Crippen LogP contribution is -2.44. The van der Waals surface area contributed by atoms with Crippen molar-refractivity contribution in [1.29, 1.82) is 0 Å². The van der Waals surface area contributed by atoms with Gasteiger partial charge in [0.2, 0.25) is 0 Å². The molecule has 2 nitrogen and oxygen atoms in total. The van der Waals surface area contributed by atoms with Crippen LogP contribution >= 0.6 is 0 Å². The third-order valence-electron chi connectivity index (χ3n) is 4.91. The number of rotatable bonds is 3. The van der Waals surface area contributed by atoms with E-state index in [1.54, 1.807) is 0 Å². The molecular formula is C19H28N2. The molecular weight excluding hydrogens is 256 g/mol. The highest BCUT2D eigenvalue weighted by molar-refractivity contribution is 5.52. The second-order valence-electron chi connectivity index (χ2n) is 6.64. The Morgan fingerprint density at radius 3 is 2.90 bits per heavy atom. The van der Waals surface area contributed by atoms with Crippen molar-refractivity contribution in [2.75, 3.05) is 19.6 Å². The van der Waals surface area contributed by atoms with E-state index in [9.17, 15) is 0 Å². The summed E-state index contributed by atoms with van der Waals surface area (Å²) >= 11 is 0. The van der Waals surface area contributed by atoms with Crippen LogP contribution in [0.4, 0.5) is 0 Å². The first kappa shape index (κ1) is 14.8. The number of hydrogen-bond donors (Lipinski definition) is 1. The van der Waals surface area contributed by atoms with Crippen molar-refractivity contribution in [2.24, 2.45) is 0 Å². The Bertz CT molecular complexity index is 466. The summed E-state index contributed by atoms with van der Waals surface area (Å²) in [6.07, 6.45) is 9.18. The van der Waals surface area contributed by atoms with Gasteiger partial charge in [0.05, 0.1) is 0 Å². The molecule has 21 heavy (non-hydrogen) atoms. The minimum absolute atomic E-state index is 0.731. The number of fused-ring (bicyclic) bond motifs is 1. The average molecular weight is 284 g/mol. The summed E-state index contributed by atoms with van der Waals surface area (Å²) in [6.45, 7) is 5.87. The van der Waals surface area contributed by atoms with Crippen LogP contribution in [0.2, 0.25) is 0 Å². The zero-order valence-electron chi connectivity index (χ0n) is 13.2. The van der Waals surface area contributed by atoms with Crippen LogP contribution in [0.3, 0.4) is 0 Å². The van der Waals surface area contributed by atoms with Gasteiger partial charge in [-0.25, -0.2) is 0 Å². The summed E-state index contributed by atoms with van der Waals surface area (Å²) < 4.78 is 0. The number of nitrogens with one attached hydrogen (secondary N) is 1. The van der Waals surface area contributed by atoms with Gasteiger partial charge >= 0.3 is 0 Å². The Morgan fingerprint density at radius 1 is 1.19 bits per heavy atom. The highest BCUT2D eigenvalue weighted by Crippen LogP contribution is 2.25. The van der Waals surface area contributed by atoms with Crippen molar-refractivity contribution in [1.82, 2.24) is 10.2 Å². The summed E-state index contributed by atoms with van der Waals surface area (Å²) in [6, 6.07) is 12.2. The molecule has 3 rings (SSSR count). The van der Waals surface area contributed by atoms with Crippen molar-refractivity contribution in [3.05, 3.63) is 41.5 Å². The molecule has 1 aromatic carbocycles. The lowest BCUT2D eigenvalue weighted by molar-refractivity contribution is 0.227. The summed E-state index contributed by atoms with van der Waals surface area (Å²) in [4.78, 5) is 2.71. The summed E-state index contributed by atoms with van der Waals surface area (Å²) in [5.41, 5.74) is 2.80. The Kier molecular flexibility index (Phi) is 5.10. The molecule has 2 aliphatic heterocycles. The maximum absolute atomic E-state index is 3.78. The molecule has 2 aliphatic rings. The zero-order valence-corrected chi connectivity index (χ0v) is 13.2. The van der Waals surface area contributed by atoms with Gasteiger partial charge in [-0.3, -0.25) is 4.90 Å². The monoisotopic (exact) mass is 284 g/mol. The fraction of sp³-hybridized carbons (Fsp3) is 0.579. The smallest absolute Gasteiger partial charge is 0.0253 e. The quantitative estimate of drug-likeness (QED) is 0.910. The lowest BCUT2D eigenvalue weighted by atomic mass is 9.99. The molecule has 1 N–H and O–H groups in total. The number of hydrogen-bond acceptors (Lipinski definition) is 2. The summed E-state index contributed by atoms with van der Waals surface area (Å²) in [5.74, 6) is 0. The van der Waals surface area contributed by atoms with Gasteiger partial charge in [-0.1, -0.05) is 54.8 Å². The molecule has 114 valence electrons. The molecule has 2 fully saturated rings. The van der Waals surface area contributed by atoms with Crippen LogP contribution < -0.4 is 5.32 Å². The summed E-state index contributed by atoms with van der Waals surface area (Å²) in [7, 11) is 0. The molecule has 0 amide bonds. The maximum Gasteiger partial charge on any atom is 0.0253 e. The molecule has 2 atom stereocenters. The number of nitrogens with zero attached hydrogens (tertiary/aromatic N) is 1. The maximum atomic E-state index is 3.78. The second kappa shape index (κ2) is 7.24. The van der Waals surface area contributed by atoms with E-state index >= 15 is 0 Å². The van der Waals surface area contributed by atoms with Crippen LogP contribution in [-0.4, -0.2) is 36.6 Å². The molecule has 0 spiro atoms. The van der Waals surface area contributed by atoms with Gasteiger partial charge in [0.15, 0.2) is 0 Å². The molecule has 0 unspecified atom stereocenters. The van der Waals surface area contributed by atoms with Gasteiger partial charge in [0.1, 0.15) is 0 Å². The van der Waals surface area contributed by atoms with Crippen molar-refractivity contribution < 1.29 is 0 Å². The first-order valence-corrected chi connectivity index (χ1v) is 8.52. The minimum Gasteiger partial charge on any atom is -0.312 e. The Balaban J connectivity index is 1.63. The van der Waals surface area contributed by atoms with Crippen LogP contribution in [0, 0.1) is 0 Å². The van der Waals surface area contributed by atoms with E-state index < -0.39 is 0 Å². The van der Waals surface area contributed by atoms with Crippen LogP contribution in [0.5, 0.6) is 0 Å². The predicted octanol–water partition coefficient (Wildman–Crippen LogP) is 3.70.